The van der Waals surface area contributed by atoms with Crippen molar-refractivity contribution in [3.05, 3.63) is 60.7 Å². The Morgan fingerprint density at radius 2 is 0.675 bits per heavy atom. The number of benzene rings is 2. The Morgan fingerprint density at radius 1 is 0.400 bits per heavy atom. The second-order valence-corrected chi connectivity index (χ2v) is 11.8. The van der Waals surface area contributed by atoms with Gasteiger partial charge in [-0.15, -0.1) is 0 Å². The molecule has 0 saturated heterocycles. The third kappa shape index (κ3) is 16.1. The highest BCUT2D eigenvalue weighted by Gasteiger charge is 2.39. The molecule has 0 aliphatic heterocycles. The summed E-state index contributed by atoms with van der Waals surface area (Å²) < 4.78 is 49.8. The fraction of sp³-hybridized carbons (Fsp3) is 0.600. The molecule has 0 aliphatic carbocycles. The monoisotopic (exact) mass is 583 g/mol. The Bertz CT molecular complexity index is 774. The number of hydrogen-bond acceptors (Lipinski definition) is 9. The average Bonchev–Trinajstić information content (AvgIpc) is 3.00. The van der Waals surface area contributed by atoms with E-state index in [9.17, 15) is 0 Å². The van der Waals surface area contributed by atoms with E-state index in [0.29, 0.717) is 106 Å². The molecule has 0 saturated carbocycles. The largest absolute Gasteiger partial charge is 0.382 e. The molecule has 10 heteroatoms. The van der Waals surface area contributed by atoms with Crippen molar-refractivity contribution in [1.82, 2.24) is 0 Å². The molecule has 0 fully saturated rings. The molecule has 0 radical (unpaired) electrons. The van der Waals surface area contributed by atoms with Crippen LogP contribution in [-0.4, -0.2) is 119 Å². The first kappa shape index (κ1) is 34.7. The van der Waals surface area contributed by atoms with Crippen LogP contribution >= 0.6 is 7.49 Å². The summed E-state index contributed by atoms with van der Waals surface area (Å²) in [5, 5.41) is 2.45. The van der Waals surface area contributed by atoms with Crippen molar-refractivity contribution in [1.29, 1.82) is 0 Å². The van der Waals surface area contributed by atoms with E-state index < -0.39 is 7.49 Å². The van der Waals surface area contributed by atoms with E-state index in [1.54, 1.807) is 7.11 Å². The van der Waals surface area contributed by atoms with Crippen LogP contribution in [0.1, 0.15) is 0 Å². The van der Waals surface area contributed by atoms with Crippen molar-refractivity contribution < 1.29 is 42.4 Å². The molecule has 2 aromatic rings. The molecule has 0 heterocycles. The smallest absolute Gasteiger partial charge is 0.207 e. The summed E-state index contributed by atoms with van der Waals surface area (Å²) in [6.07, 6.45) is 0. The zero-order valence-electron chi connectivity index (χ0n) is 24.2. The van der Waals surface area contributed by atoms with Crippen LogP contribution in [0.3, 0.4) is 0 Å². The number of rotatable bonds is 27. The summed E-state index contributed by atoms with van der Waals surface area (Å²) in [4.78, 5) is 0. The standard InChI is InChI=1S/C30H48O9P/c1-31-13-14-32-15-16-33-17-18-34-19-20-35-21-22-36-23-24-37-25-26-38-27-28-39-40(2,29-9-5-3-6-10-29)30-11-7-4-8-12-30/h3-12H,13-28H2,1-2H3/q+1. The fourth-order valence-electron chi connectivity index (χ4n) is 3.57. The molecule has 0 atom stereocenters. The lowest BCUT2D eigenvalue weighted by molar-refractivity contribution is -0.0226. The average molecular weight is 584 g/mol. The molecule has 0 bridgehead atoms. The zero-order valence-corrected chi connectivity index (χ0v) is 25.1. The lowest BCUT2D eigenvalue weighted by Gasteiger charge is -2.21. The predicted octanol–water partition coefficient (Wildman–Crippen LogP) is 2.98. The fourth-order valence-corrected chi connectivity index (χ4v) is 6.08. The Kier molecular flexibility index (Phi) is 20.9. The van der Waals surface area contributed by atoms with Gasteiger partial charge in [-0.2, -0.15) is 0 Å². The van der Waals surface area contributed by atoms with E-state index in [0.717, 1.165) is 0 Å². The van der Waals surface area contributed by atoms with Crippen LogP contribution in [0.5, 0.6) is 0 Å². The minimum absolute atomic E-state index is 0.519. The highest BCUT2D eigenvalue weighted by molar-refractivity contribution is 7.84. The molecule has 2 rings (SSSR count). The van der Waals surface area contributed by atoms with Crippen LogP contribution in [0, 0.1) is 0 Å². The van der Waals surface area contributed by atoms with Gasteiger partial charge in [-0.25, -0.2) is 4.52 Å². The van der Waals surface area contributed by atoms with E-state index in [1.807, 2.05) is 12.1 Å². The van der Waals surface area contributed by atoms with E-state index in [2.05, 4.69) is 55.2 Å². The summed E-state index contributed by atoms with van der Waals surface area (Å²) in [5.74, 6) is 0. The van der Waals surface area contributed by atoms with Crippen LogP contribution in [0.2, 0.25) is 0 Å². The van der Waals surface area contributed by atoms with Crippen molar-refractivity contribution in [2.45, 2.75) is 0 Å². The van der Waals surface area contributed by atoms with Gasteiger partial charge in [-0.1, -0.05) is 36.4 Å². The van der Waals surface area contributed by atoms with E-state index in [-0.39, 0.29) is 0 Å². The van der Waals surface area contributed by atoms with Crippen molar-refractivity contribution in [2.24, 2.45) is 0 Å². The van der Waals surface area contributed by atoms with Crippen LogP contribution in [0.15, 0.2) is 60.7 Å². The first-order chi connectivity index (χ1) is 19.8. The van der Waals surface area contributed by atoms with Gasteiger partial charge < -0.3 is 37.9 Å². The molecule has 0 aromatic heterocycles. The number of methoxy groups -OCH3 is 1. The highest BCUT2D eigenvalue weighted by Crippen LogP contribution is 2.53. The maximum atomic E-state index is 6.44. The van der Waals surface area contributed by atoms with Gasteiger partial charge in [-0.05, 0) is 24.3 Å². The lowest BCUT2D eigenvalue weighted by Crippen LogP contribution is -2.24. The van der Waals surface area contributed by atoms with E-state index in [4.69, 9.17) is 42.4 Å². The minimum atomic E-state index is -1.93. The third-order valence-electron chi connectivity index (χ3n) is 5.74. The van der Waals surface area contributed by atoms with Gasteiger partial charge in [0.2, 0.25) is 7.49 Å². The normalized spacial score (nSPS) is 11.8. The molecular formula is C30H48O9P+. The second-order valence-electron chi connectivity index (χ2n) is 8.71. The molecular weight excluding hydrogens is 535 g/mol. The number of hydrogen-bond donors (Lipinski definition) is 0. The Balaban J connectivity index is 1.35. The Labute approximate surface area is 240 Å². The van der Waals surface area contributed by atoms with Gasteiger partial charge in [0.05, 0.1) is 106 Å². The quantitative estimate of drug-likeness (QED) is 0.116. The summed E-state index contributed by atoms with van der Waals surface area (Å²) in [7, 11) is -0.279. The van der Waals surface area contributed by atoms with Crippen LogP contribution in [-0.2, 0) is 42.4 Å². The maximum absolute atomic E-state index is 6.44. The third-order valence-corrected chi connectivity index (χ3v) is 9.00. The van der Waals surface area contributed by atoms with Gasteiger partial charge in [0.1, 0.15) is 17.2 Å². The van der Waals surface area contributed by atoms with Crippen molar-refractivity contribution >= 4 is 18.1 Å². The molecule has 0 unspecified atom stereocenters. The molecule has 0 spiro atoms. The molecule has 0 aliphatic rings. The zero-order chi connectivity index (χ0) is 28.4. The second kappa shape index (κ2) is 24.1. The van der Waals surface area contributed by atoms with Gasteiger partial charge in [0, 0.05) is 7.11 Å². The molecule has 2 aromatic carbocycles. The molecule has 40 heavy (non-hydrogen) atoms. The van der Waals surface area contributed by atoms with Gasteiger partial charge in [0.25, 0.3) is 0 Å². The summed E-state index contributed by atoms with van der Waals surface area (Å²) in [5.41, 5.74) is 0. The minimum Gasteiger partial charge on any atom is -0.382 e. The van der Waals surface area contributed by atoms with Crippen LogP contribution in [0.25, 0.3) is 0 Å². The van der Waals surface area contributed by atoms with Crippen molar-refractivity contribution in [3.8, 4) is 0 Å². The van der Waals surface area contributed by atoms with E-state index >= 15 is 0 Å². The van der Waals surface area contributed by atoms with Crippen molar-refractivity contribution in [3.63, 3.8) is 0 Å². The van der Waals surface area contributed by atoms with E-state index in [1.165, 1.54) is 10.6 Å². The van der Waals surface area contributed by atoms with Crippen LogP contribution in [0.4, 0.5) is 0 Å². The highest BCUT2D eigenvalue weighted by atomic mass is 31.2. The summed E-state index contributed by atoms with van der Waals surface area (Å²) in [6.45, 7) is 10.8. The topological polar surface area (TPSA) is 83.1 Å². The van der Waals surface area contributed by atoms with Gasteiger partial charge in [0.15, 0.2) is 0 Å². The predicted molar refractivity (Wildman–Crippen MR) is 159 cm³/mol. The molecule has 226 valence electrons. The molecule has 0 N–H and O–H groups in total. The van der Waals surface area contributed by atoms with Crippen LogP contribution < -0.4 is 10.6 Å². The maximum Gasteiger partial charge on any atom is 0.207 e. The number of ether oxygens (including phenoxy) is 8. The molecule has 0 amide bonds. The summed E-state index contributed by atoms with van der Waals surface area (Å²) >= 11 is 0. The van der Waals surface area contributed by atoms with Crippen molar-refractivity contribution in [2.75, 3.05) is 119 Å². The Hall–Kier alpha value is -1.49. The lowest BCUT2D eigenvalue weighted by atomic mass is 10.4. The van der Waals surface area contributed by atoms with Gasteiger partial charge in [-0.3, -0.25) is 0 Å². The molecule has 9 nitrogen and oxygen atoms in total. The Morgan fingerprint density at radius 3 is 0.975 bits per heavy atom. The first-order valence-electron chi connectivity index (χ1n) is 13.9. The SMILES string of the molecule is COCCOCCOCCOCCOCCOCCOCCOCCO[P+](C)(c1ccccc1)c1ccccc1. The van der Waals surface area contributed by atoms with Gasteiger partial charge >= 0.3 is 0 Å². The summed E-state index contributed by atoms with van der Waals surface area (Å²) in [6, 6.07) is 20.9. The first-order valence-corrected chi connectivity index (χ1v) is 16.1.